The van der Waals surface area contributed by atoms with E-state index in [-0.39, 0.29) is 104 Å². The summed E-state index contributed by atoms with van der Waals surface area (Å²) in [6, 6.07) is -2.45. The van der Waals surface area contributed by atoms with E-state index in [0.717, 1.165) is 25.7 Å². The van der Waals surface area contributed by atoms with Crippen molar-refractivity contribution in [3.63, 3.8) is 0 Å². The van der Waals surface area contributed by atoms with Gasteiger partial charge >= 0.3 is 37.9 Å². The van der Waals surface area contributed by atoms with E-state index in [4.69, 9.17) is 50.7 Å². The molecule has 0 unspecified atom stereocenters. The summed E-state index contributed by atoms with van der Waals surface area (Å²) in [6.07, 6.45) is -2.49. The van der Waals surface area contributed by atoms with Gasteiger partial charge in [0, 0.05) is 13.1 Å². The number of nitrogens with two attached hydrogens (primary N) is 3. The van der Waals surface area contributed by atoms with E-state index in [1.165, 1.54) is 35.6 Å². The molecule has 77 heavy (non-hydrogen) atoms. The van der Waals surface area contributed by atoms with Crippen LogP contribution < -0.4 is 38.0 Å². The van der Waals surface area contributed by atoms with E-state index in [0.29, 0.717) is 19.4 Å². The summed E-state index contributed by atoms with van der Waals surface area (Å²) in [5.41, 5.74) is 16.9. The lowest BCUT2D eigenvalue weighted by molar-refractivity contribution is -0.146. The number of imidazole rings is 2. The molecule has 0 aliphatic heterocycles. The summed E-state index contributed by atoms with van der Waals surface area (Å²) < 4.78 is 128. The number of unbranched alkanes of at least 4 members (excludes halogenated alkanes) is 3. The lowest BCUT2D eigenvalue weighted by atomic mass is 10.3. The first kappa shape index (κ1) is 69.8. The molecule has 0 amide bonds. The van der Waals surface area contributed by atoms with Gasteiger partial charge in [0.05, 0.1) is 45.7 Å². The largest absolute Gasteiger partial charge is 0.465 e. The Bertz CT molecular complexity index is 2490. The third-order valence-electron chi connectivity index (χ3n) is 9.47. The second-order valence-electron chi connectivity index (χ2n) is 16.6. The summed E-state index contributed by atoms with van der Waals surface area (Å²) in [5.74, 6) is -2.37. The highest BCUT2D eigenvalue weighted by atomic mass is 35.5. The smallest absolute Gasteiger partial charge is 0.405 e. The van der Waals surface area contributed by atoms with E-state index in [2.05, 4.69) is 50.7 Å². The first-order valence-corrected chi connectivity index (χ1v) is 27.4. The van der Waals surface area contributed by atoms with Gasteiger partial charge in [0.2, 0.25) is 19.3 Å². The molecule has 0 aromatic carbocycles. The second kappa shape index (κ2) is 33.9. The van der Waals surface area contributed by atoms with Crippen LogP contribution in [0.2, 0.25) is 0 Å². The zero-order valence-corrected chi connectivity index (χ0v) is 45.9. The number of ether oxygens (including phenoxy) is 5. The Morgan fingerprint density at radius 3 is 1.34 bits per heavy atom. The normalized spacial score (nSPS) is 13.0. The summed E-state index contributed by atoms with van der Waals surface area (Å²) in [4.78, 5) is 76.3. The van der Waals surface area contributed by atoms with E-state index in [9.17, 15) is 49.9 Å². The molecule has 4 aromatic rings. The van der Waals surface area contributed by atoms with Crippen molar-refractivity contribution in [2.24, 2.45) is 5.73 Å². The molecule has 440 valence electrons. The monoisotopic (exact) mass is 1180 g/mol. The maximum absolute atomic E-state index is 13.8. The van der Waals surface area contributed by atoms with Gasteiger partial charge in [0.1, 0.15) is 43.9 Å². The quantitative estimate of drug-likeness (QED) is 0.0111. The fraction of sp³-hybridized carbons (Fsp3) is 0.683. The first-order chi connectivity index (χ1) is 35.5. The minimum Gasteiger partial charge on any atom is -0.465 e. The summed E-state index contributed by atoms with van der Waals surface area (Å²) in [7, 11) is -7.99. The van der Waals surface area contributed by atoms with Crippen LogP contribution in [0, 0.1) is 0 Å². The van der Waals surface area contributed by atoms with Gasteiger partial charge in [-0.3, -0.25) is 23.5 Å². The number of hydrogen-bond donors (Lipinski definition) is 9. The van der Waals surface area contributed by atoms with Crippen LogP contribution >= 0.6 is 27.4 Å². The lowest BCUT2D eigenvalue weighted by Crippen LogP contribution is -2.43. The number of nitrogen functional groups attached to an aromatic ring is 2. The molecule has 12 N–H and O–H groups in total. The number of nitrogens with zero attached hydrogens (tertiary/aromatic N) is 8. The Kier molecular flexibility index (Phi) is 30.7. The molecule has 27 nitrogen and oxygen atoms in total. The highest BCUT2D eigenvalue weighted by Crippen LogP contribution is 2.38. The second-order valence-corrected chi connectivity index (χ2v) is 20.4. The molecule has 4 rings (SSSR count). The van der Waals surface area contributed by atoms with Gasteiger partial charge in [0.25, 0.3) is 0 Å². The van der Waals surface area contributed by atoms with Crippen molar-refractivity contribution in [2.75, 3.05) is 80.9 Å². The fourth-order valence-corrected chi connectivity index (χ4v) is 8.18. The van der Waals surface area contributed by atoms with Crippen molar-refractivity contribution in [3.8, 4) is 0 Å². The lowest BCUT2D eigenvalue weighted by Gasteiger charge is -2.26. The first-order valence-electron chi connectivity index (χ1n) is 23.7. The molecular formula is C41H70ClF6N15O12P2. The number of rotatable bonds is 30. The van der Waals surface area contributed by atoms with Crippen molar-refractivity contribution in [3.05, 3.63) is 12.7 Å². The number of carbonyl (C=O) groups is 3. The molecule has 0 aliphatic carbocycles. The predicted octanol–water partition coefficient (Wildman–Crippen LogP) is 4.83. The molecule has 0 radical (unpaired) electrons. The van der Waals surface area contributed by atoms with Crippen molar-refractivity contribution >= 4 is 91.2 Å². The van der Waals surface area contributed by atoms with Crippen LogP contribution in [0.25, 0.3) is 22.3 Å². The van der Waals surface area contributed by atoms with Crippen LogP contribution in [0.15, 0.2) is 12.7 Å². The maximum atomic E-state index is 13.8. The van der Waals surface area contributed by atoms with E-state index < -0.39 is 83.2 Å². The Balaban J connectivity index is 0.000000706. The van der Waals surface area contributed by atoms with E-state index in [1.807, 2.05) is 20.8 Å². The van der Waals surface area contributed by atoms with Gasteiger partial charge in [-0.2, -0.15) is 46.3 Å². The van der Waals surface area contributed by atoms with Gasteiger partial charge in [-0.15, -0.1) is 12.4 Å². The number of halogens is 7. The van der Waals surface area contributed by atoms with Crippen LogP contribution in [0.4, 0.5) is 49.9 Å². The molecule has 0 spiro atoms. The average molecular weight is 1180 g/mol. The van der Waals surface area contributed by atoms with Gasteiger partial charge in [0.15, 0.2) is 34.0 Å². The van der Waals surface area contributed by atoms with Crippen LogP contribution in [-0.2, 0) is 60.3 Å². The number of carbonyl (C=O) groups excluding carboxylic acids is 3. The van der Waals surface area contributed by atoms with Gasteiger partial charge in [-0.1, -0.05) is 40.0 Å². The van der Waals surface area contributed by atoms with Crippen molar-refractivity contribution in [1.29, 1.82) is 0 Å². The molecule has 0 saturated heterocycles. The third-order valence-corrected chi connectivity index (χ3v) is 12.1. The standard InChI is InChI=1S/C24H40F3N8O6P.C10H14F3N6O4P.C7H15NO2.ClH/c1-5-7-10-40-21(36)16(3)33-42(38,34-17(4)22(37)41-11-8-6-2)15-39-12-9-35-14-30-18-19(29-13-24(25,26)27)31-23(28)32-20(18)35;11-10(12,13)3-15-7-6-8(18-9(14)17-7)19(4-16-6)1-2-23-5-24(20,21)22;1-3-4-5-10-7(9)6(2)8;/h14,16-17H,5-13,15H2,1-4H3,(H2,33,34,38)(H3,28,29,31,32);4H,1-3,5H2,(H2,20,21,22)(H3,14,15,17,18);6H,3-5,8H2,1-2H3;1H/t16-,17-;;6-;/m0.0./s1. The third kappa shape index (κ3) is 27.8. The Morgan fingerprint density at radius 1 is 0.636 bits per heavy atom. The Labute approximate surface area is 445 Å². The fourth-order valence-electron chi connectivity index (χ4n) is 5.74. The molecule has 0 aliphatic rings. The Hall–Kier alpha value is -5.24. The van der Waals surface area contributed by atoms with E-state index in [1.54, 1.807) is 6.92 Å². The van der Waals surface area contributed by atoms with Gasteiger partial charge in [-0.25, -0.2) is 20.1 Å². The number of alkyl halides is 6. The number of anilines is 4. The van der Waals surface area contributed by atoms with Crippen LogP contribution in [-0.4, -0.2) is 156 Å². The van der Waals surface area contributed by atoms with Crippen LogP contribution in [0.3, 0.4) is 0 Å². The highest BCUT2D eigenvalue weighted by Gasteiger charge is 2.33. The minimum atomic E-state index is -4.48. The van der Waals surface area contributed by atoms with Gasteiger partial charge < -0.3 is 70.4 Å². The molecule has 0 fully saturated rings. The summed E-state index contributed by atoms with van der Waals surface area (Å²) in [5, 5.41) is 9.70. The minimum absolute atomic E-state index is 0. The SMILES string of the molecule is CCCCOC(=O)[C@H](C)N.CCCCOC(=O)[C@H](C)NP(=O)(COCCn1cnc2c(NCC(F)(F)F)nc(N)nc21)N[C@@H](C)C(=O)OCCCC.Cl.Nc1nc(NCC(F)(F)F)c2ncn(CCOCP(=O)(O)O)c2n1. The van der Waals surface area contributed by atoms with Crippen molar-refractivity contribution in [2.45, 2.75) is 124 Å². The molecule has 0 bridgehead atoms. The average Bonchev–Trinajstić information content (AvgIpc) is 3.93. The van der Waals surface area contributed by atoms with Crippen molar-refractivity contribution < 1.29 is 83.3 Å². The van der Waals surface area contributed by atoms with Crippen LogP contribution in [0.1, 0.15) is 80.1 Å². The molecular weight excluding hydrogens is 1110 g/mol. The van der Waals surface area contributed by atoms with Crippen LogP contribution in [0.5, 0.6) is 0 Å². The molecule has 4 heterocycles. The number of fused-ring (bicyclic) bond motifs is 2. The predicted molar refractivity (Wildman–Crippen MR) is 274 cm³/mol. The summed E-state index contributed by atoms with van der Waals surface area (Å²) in [6.45, 7) is 8.93. The zero-order chi connectivity index (χ0) is 57.3. The number of aromatic nitrogens is 8. The number of hydrogen-bond acceptors (Lipinski definition) is 21. The number of nitrogens with one attached hydrogen (secondary N) is 4. The maximum Gasteiger partial charge on any atom is 0.405 e. The highest BCUT2D eigenvalue weighted by molar-refractivity contribution is 7.59. The molecule has 0 saturated carbocycles. The zero-order valence-electron chi connectivity index (χ0n) is 43.3. The number of esters is 3. The molecule has 4 aromatic heterocycles. The van der Waals surface area contributed by atoms with Gasteiger partial charge in [-0.05, 0) is 40.0 Å². The Morgan fingerprint density at radius 2 is 1.00 bits per heavy atom. The summed E-state index contributed by atoms with van der Waals surface area (Å²) >= 11 is 0. The van der Waals surface area contributed by atoms with Crippen molar-refractivity contribution in [1.82, 2.24) is 49.2 Å². The van der Waals surface area contributed by atoms with E-state index >= 15 is 0 Å². The molecule has 36 heteroatoms. The molecule has 3 atom stereocenters. The topological polar surface area (TPSA) is 385 Å².